The van der Waals surface area contributed by atoms with E-state index in [1.165, 1.54) is 5.56 Å². The Balaban J connectivity index is 1.81. The molecule has 154 valence electrons. The van der Waals surface area contributed by atoms with E-state index in [0.717, 1.165) is 11.1 Å². The van der Waals surface area contributed by atoms with Crippen LogP contribution < -0.4 is 15.9 Å². The first kappa shape index (κ1) is 19.6. The highest BCUT2D eigenvalue weighted by molar-refractivity contribution is 5.50. The molecule has 0 aliphatic carbocycles. The van der Waals surface area contributed by atoms with Gasteiger partial charge in [-0.25, -0.2) is 0 Å². The molecule has 0 saturated carbocycles. The summed E-state index contributed by atoms with van der Waals surface area (Å²) in [5.41, 5.74) is 4.81. The molecule has 0 aliphatic rings. The second kappa shape index (κ2) is 7.94. The number of rotatable bonds is 6. The van der Waals surface area contributed by atoms with Crippen molar-refractivity contribution in [3.8, 4) is 5.75 Å². The van der Waals surface area contributed by atoms with E-state index in [2.05, 4.69) is 20.4 Å². The van der Waals surface area contributed by atoms with Gasteiger partial charge in [0.2, 0.25) is 0 Å². The highest BCUT2D eigenvalue weighted by atomic mass is 16.5. The number of H-pyrrole nitrogens is 4. The van der Waals surface area contributed by atoms with Crippen LogP contribution in [0.25, 0.3) is 0 Å². The van der Waals surface area contributed by atoms with Crippen molar-refractivity contribution in [2.75, 3.05) is 0 Å². The van der Waals surface area contributed by atoms with E-state index < -0.39 is 5.92 Å². The van der Waals surface area contributed by atoms with Gasteiger partial charge in [0.05, 0.1) is 17.0 Å². The Morgan fingerprint density at radius 1 is 0.767 bits per heavy atom. The molecule has 2 heterocycles. The predicted octanol–water partition coefficient (Wildman–Crippen LogP) is 3.40. The summed E-state index contributed by atoms with van der Waals surface area (Å²) in [6.45, 7) is 6.05. The lowest BCUT2D eigenvalue weighted by Crippen LogP contribution is -2.21. The zero-order chi connectivity index (χ0) is 21.3. The number of ether oxygens (including phenoxy) is 1. The van der Waals surface area contributed by atoms with Gasteiger partial charge in [0.15, 0.2) is 0 Å². The number of nitrogens with one attached hydrogen (secondary N) is 4. The molecule has 0 radical (unpaired) electrons. The number of aromatic amines is 4. The summed E-state index contributed by atoms with van der Waals surface area (Å²) < 4.78 is 6.15. The first-order valence-electron chi connectivity index (χ1n) is 9.77. The molecule has 30 heavy (non-hydrogen) atoms. The molecule has 0 aliphatic heterocycles. The first-order valence-corrected chi connectivity index (χ1v) is 9.77. The van der Waals surface area contributed by atoms with Crippen LogP contribution in [0.2, 0.25) is 0 Å². The molecular formula is C23H24N4O3. The molecular weight excluding hydrogens is 380 g/mol. The monoisotopic (exact) mass is 404 g/mol. The molecule has 7 nitrogen and oxygen atoms in total. The van der Waals surface area contributed by atoms with Crippen LogP contribution in [-0.4, -0.2) is 20.4 Å². The van der Waals surface area contributed by atoms with Crippen molar-refractivity contribution in [2.45, 2.75) is 33.3 Å². The van der Waals surface area contributed by atoms with Gasteiger partial charge in [-0.15, -0.1) is 0 Å². The van der Waals surface area contributed by atoms with E-state index in [4.69, 9.17) is 4.74 Å². The number of aryl methyl sites for hydroxylation is 3. The zero-order valence-corrected chi connectivity index (χ0v) is 17.1. The highest BCUT2D eigenvalue weighted by Crippen LogP contribution is 2.36. The lowest BCUT2D eigenvalue weighted by molar-refractivity contribution is 0.302. The molecule has 0 unspecified atom stereocenters. The van der Waals surface area contributed by atoms with Crippen molar-refractivity contribution in [3.63, 3.8) is 0 Å². The minimum Gasteiger partial charge on any atom is -0.489 e. The van der Waals surface area contributed by atoms with Crippen LogP contribution in [0.3, 0.4) is 0 Å². The summed E-state index contributed by atoms with van der Waals surface area (Å²) in [5, 5.41) is 11.0. The van der Waals surface area contributed by atoms with Gasteiger partial charge in [0.25, 0.3) is 11.1 Å². The maximum atomic E-state index is 12.6. The van der Waals surface area contributed by atoms with Crippen molar-refractivity contribution in [1.82, 2.24) is 20.4 Å². The van der Waals surface area contributed by atoms with Gasteiger partial charge in [-0.1, -0.05) is 48.0 Å². The number of hydrogen-bond acceptors (Lipinski definition) is 3. The number of benzene rings is 2. The third-order valence-corrected chi connectivity index (χ3v) is 5.35. The van der Waals surface area contributed by atoms with Gasteiger partial charge in [-0.3, -0.25) is 19.8 Å². The van der Waals surface area contributed by atoms with Gasteiger partial charge in [-0.2, -0.15) is 0 Å². The quantitative estimate of drug-likeness (QED) is 0.396. The molecule has 0 bridgehead atoms. The minimum absolute atomic E-state index is 0.258. The standard InChI is InChI=1S/C23H24N4O3/c1-13-8-10-16(11-9-13)12-30-18-7-5-4-6-17(18)21(19-14(2)24-26-22(19)28)20-15(3)25-27-23(20)29/h4-11,21H,12H2,1-3H3,(H2,24,26,28)(H2,25,27,29). The van der Waals surface area contributed by atoms with Gasteiger partial charge in [0.1, 0.15) is 12.4 Å². The molecule has 4 aromatic rings. The van der Waals surface area contributed by atoms with E-state index in [-0.39, 0.29) is 11.1 Å². The van der Waals surface area contributed by atoms with E-state index in [1.54, 1.807) is 0 Å². The van der Waals surface area contributed by atoms with Gasteiger partial charge < -0.3 is 14.9 Å². The molecule has 0 saturated heterocycles. The number of aromatic nitrogens is 4. The summed E-state index contributed by atoms with van der Waals surface area (Å²) in [7, 11) is 0. The minimum atomic E-state index is -0.579. The van der Waals surface area contributed by atoms with Crippen LogP contribution in [0, 0.1) is 20.8 Å². The Bertz CT molecular complexity index is 1220. The molecule has 4 rings (SSSR count). The Morgan fingerprint density at radius 3 is 1.87 bits per heavy atom. The molecule has 0 fully saturated rings. The van der Waals surface area contributed by atoms with Crippen molar-refractivity contribution in [2.24, 2.45) is 0 Å². The molecule has 7 heteroatoms. The fourth-order valence-corrected chi connectivity index (χ4v) is 3.76. The Kier molecular flexibility index (Phi) is 5.18. The fourth-order valence-electron chi connectivity index (χ4n) is 3.76. The maximum Gasteiger partial charge on any atom is 0.268 e. The molecule has 0 spiro atoms. The average Bonchev–Trinajstić information content (AvgIpc) is 3.25. The lowest BCUT2D eigenvalue weighted by atomic mass is 9.85. The summed E-state index contributed by atoms with van der Waals surface area (Å²) in [4.78, 5) is 25.3. The average molecular weight is 404 g/mol. The fraction of sp³-hybridized carbons (Fsp3) is 0.217. The zero-order valence-electron chi connectivity index (χ0n) is 17.1. The molecule has 4 N–H and O–H groups in total. The van der Waals surface area contributed by atoms with Crippen LogP contribution in [0.5, 0.6) is 5.75 Å². The number of para-hydroxylation sites is 1. The van der Waals surface area contributed by atoms with Crippen LogP contribution >= 0.6 is 0 Å². The van der Waals surface area contributed by atoms with Crippen molar-refractivity contribution < 1.29 is 4.74 Å². The van der Waals surface area contributed by atoms with Crippen LogP contribution in [0.15, 0.2) is 58.1 Å². The summed E-state index contributed by atoms with van der Waals surface area (Å²) >= 11 is 0. The molecule has 2 aromatic carbocycles. The molecule has 2 aromatic heterocycles. The van der Waals surface area contributed by atoms with Gasteiger partial charge in [0, 0.05) is 17.0 Å². The summed E-state index contributed by atoms with van der Waals surface area (Å²) in [6.07, 6.45) is 0. The van der Waals surface area contributed by atoms with Crippen molar-refractivity contribution >= 4 is 0 Å². The third-order valence-electron chi connectivity index (χ3n) is 5.35. The normalized spacial score (nSPS) is 11.2. The molecule has 0 atom stereocenters. The van der Waals surface area contributed by atoms with E-state index in [1.807, 2.05) is 69.3 Å². The number of hydrogen-bond donors (Lipinski definition) is 4. The third kappa shape index (κ3) is 3.61. The van der Waals surface area contributed by atoms with E-state index in [0.29, 0.717) is 34.9 Å². The van der Waals surface area contributed by atoms with Gasteiger partial charge in [-0.05, 0) is 32.4 Å². The van der Waals surface area contributed by atoms with Gasteiger partial charge >= 0.3 is 0 Å². The van der Waals surface area contributed by atoms with Crippen molar-refractivity contribution in [3.05, 3.63) is 108 Å². The van der Waals surface area contributed by atoms with Crippen LogP contribution in [0.1, 0.15) is 45.1 Å². The Labute approximate surface area is 173 Å². The van der Waals surface area contributed by atoms with E-state index >= 15 is 0 Å². The molecule has 0 amide bonds. The second-order valence-electron chi connectivity index (χ2n) is 7.48. The SMILES string of the molecule is Cc1ccc(COc2ccccc2C(c2c(C)[nH][nH]c2=O)c2c(C)[nH][nH]c2=O)cc1. The van der Waals surface area contributed by atoms with Crippen LogP contribution in [-0.2, 0) is 6.61 Å². The van der Waals surface area contributed by atoms with Crippen LogP contribution in [0.4, 0.5) is 0 Å². The topological polar surface area (TPSA) is 107 Å². The Morgan fingerprint density at radius 2 is 1.33 bits per heavy atom. The summed E-state index contributed by atoms with van der Waals surface area (Å²) in [6, 6.07) is 15.7. The largest absolute Gasteiger partial charge is 0.489 e. The van der Waals surface area contributed by atoms with E-state index in [9.17, 15) is 9.59 Å². The summed E-state index contributed by atoms with van der Waals surface area (Å²) in [5.74, 6) is 0.0484. The van der Waals surface area contributed by atoms with Crippen molar-refractivity contribution in [1.29, 1.82) is 0 Å². The predicted molar refractivity (Wildman–Crippen MR) is 115 cm³/mol. The maximum absolute atomic E-state index is 12.6. The first-order chi connectivity index (χ1) is 14.5. The Hall–Kier alpha value is -3.74. The highest BCUT2D eigenvalue weighted by Gasteiger charge is 2.30. The lowest BCUT2D eigenvalue weighted by Gasteiger charge is -2.20. The smallest absolute Gasteiger partial charge is 0.268 e. The second-order valence-corrected chi connectivity index (χ2v) is 7.48.